The van der Waals surface area contributed by atoms with Crippen LogP contribution in [-0.2, 0) is 0 Å². The van der Waals surface area contributed by atoms with Gasteiger partial charge in [-0.05, 0) is 301 Å². The van der Waals surface area contributed by atoms with E-state index in [9.17, 15) is 24.0 Å². The van der Waals surface area contributed by atoms with Gasteiger partial charge in [0.15, 0.2) is 22.6 Å². The molecule has 0 bridgehead atoms. The Hall–Kier alpha value is -15.4. The molecular formula is C107H114ClN33O5. The number of anilines is 1. The Labute approximate surface area is 842 Å². The predicted molar refractivity (Wildman–Crippen MR) is 560 cm³/mol. The third-order valence-corrected chi connectivity index (χ3v) is 29.4. The maximum Gasteiger partial charge on any atom is 0.275 e. The second kappa shape index (κ2) is 40.0. The van der Waals surface area contributed by atoms with Crippen molar-refractivity contribution in [3.05, 3.63) is 302 Å². The molecular weight excluding hydrogens is 1860 g/mol. The molecule has 6 saturated heterocycles. The molecule has 26 rings (SSSR count). The van der Waals surface area contributed by atoms with Crippen LogP contribution < -0.4 is 48.6 Å². The lowest BCUT2D eigenvalue weighted by atomic mass is 9.91. The number of fused-ring (bicyclic) bond motifs is 11. The summed E-state index contributed by atoms with van der Waals surface area (Å²) in [5.41, 5.74) is 25.9. The van der Waals surface area contributed by atoms with Crippen LogP contribution in [-0.4, -0.2) is 232 Å². The number of aromatic nitrogens is 27. The van der Waals surface area contributed by atoms with Crippen molar-refractivity contribution in [2.24, 2.45) is 5.92 Å². The highest BCUT2D eigenvalue weighted by Crippen LogP contribution is 2.35. The van der Waals surface area contributed by atoms with Gasteiger partial charge in [-0.1, -0.05) is 24.6 Å². The first-order valence-corrected chi connectivity index (χ1v) is 50.7. The van der Waals surface area contributed by atoms with Crippen LogP contribution in [0.2, 0.25) is 5.02 Å². The van der Waals surface area contributed by atoms with Crippen LogP contribution in [0.3, 0.4) is 0 Å². The van der Waals surface area contributed by atoms with Crippen molar-refractivity contribution >= 4 is 73.2 Å². The summed E-state index contributed by atoms with van der Waals surface area (Å²) in [5, 5.41) is 43.1. The molecule has 20 aromatic rings. The molecule has 2 unspecified atom stereocenters. The smallest absolute Gasteiger partial charge is 0.275 e. The molecule has 26 heterocycles. The number of nitrogens with zero attached hydrogens (tertiary/aromatic N) is 30. The maximum atomic E-state index is 13.0. The normalized spacial score (nSPS) is 16.9. The largest absolute Gasteiger partial charge is 0.370 e. The van der Waals surface area contributed by atoms with Gasteiger partial charge in [0.05, 0.1) is 154 Å². The standard InChI is InChI=1S/C23H25N7O.C22H25N7O.C21H20ClN5O.C21H23N7O.C20H21N7O/c1-14-11-30-21(15(2)25-14)9-20(27-30)19-10-23(31)29-13-17(3-4-22(29)26-19)28-8-6-18-16(12-28)5-7-24-18;1-4-27-9-7-16(8-10-27)17-5-6-21-24-18(12-22(30)29(21)26-17)19-11-20-15(3)23-14(2)13-28(20)25-19;1-13-10-26-11-16(8-17(22)21(26)24-13)18-9-20(28)27-12-15(2-3-19(27)25-18)14-4-6-23-7-5-14;1-13-12-27-19(14(2)22-13)10-18(24-27)17-11-21(29)28-20(23-17)5-4-16(25-28)15-6-8-26(3)9-7-15;1-12-11-26-18(13(2)22-12)9-17(24-26)16-10-20(28)27-19(23-16)4-3-15(25-27)14-5-7-21-8-6-14/h3-4,9-11,13,16,18,24H,5-8,12H2,1-2H3;5-6,11-13,16H,4,7-10H2,1-3H3;2-3,8-12,14,23H,4-7H2,1H3;4-5,10-12,15H,6-9H2,1-3H3;3-4,9-11,14,21H,5-8H2,1-2H3. The lowest BCUT2D eigenvalue weighted by Crippen LogP contribution is -2.44. The summed E-state index contributed by atoms with van der Waals surface area (Å²) >= 11 is 6.39. The molecule has 39 heteroatoms. The Morgan fingerprint density at radius 3 is 1.19 bits per heavy atom. The van der Waals surface area contributed by atoms with E-state index in [1.807, 2.05) is 195 Å². The van der Waals surface area contributed by atoms with Crippen LogP contribution in [0.15, 0.2) is 195 Å². The minimum Gasteiger partial charge on any atom is -0.370 e. The van der Waals surface area contributed by atoms with E-state index in [1.54, 1.807) is 39.0 Å². The van der Waals surface area contributed by atoms with Crippen molar-refractivity contribution in [1.82, 2.24) is 156 Å². The minimum absolute atomic E-state index is 0.0891. The number of pyridine rings is 3. The number of nitrogens with one attached hydrogen (secondary N) is 3. The van der Waals surface area contributed by atoms with Crippen molar-refractivity contribution in [3.8, 4) is 56.8 Å². The summed E-state index contributed by atoms with van der Waals surface area (Å²) in [7, 11) is 2.14. The number of hydrogen-bond acceptors (Lipinski definition) is 28. The zero-order chi connectivity index (χ0) is 101. The first kappa shape index (κ1) is 95.5. The van der Waals surface area contributed by atoms with E-state index in [1.165, 1.54) is 43.7 Å². The van der Waals surface area contributed by atoms with E-state index < -0.39 is 0 Å². The molecule has 0 amide bonds. The van der Waals surface area contributed by atoms with Gasteiger partial charge >= 0.3 is 0 Å². The fraction of sp³-hybridized carbons (Fsp3) is 0.364. The average molecular weight is 1980 g/mol. The van der Waals surface area contributed by atoms with E-state index in [0.717, 1.165) is 238 Å². The monoisotopic (exact) mass is 1980 g/mol. The highest BCUT2D eigenvalue weighted by atomic mass is 35.5. The molecule has 6 aliphatic rings. The molecule has 3 N–H and O–H groups in total. The summed E-state index contributed by atoms with van der Waals surface area (Å²) in [6, 6.07) is 37.5. The van der Waals surface area contributed by atoms with Gasteiger partial charge in [0.25, 0.3) is 27.8 Å². The predicted octanol–water partition coefficient (Wildman–Crippen LogP) is 12.4. The number of aryl methyl sites for hydroxylation is 9. The summed E-state index contributed by atoms with van der Waals surface area (Å²) in [5.74, 6) is 2.34. The van der Waals surface area contributed by atoms with Crippen molar-refractivity contribution in [1.29, 1.82) is 0 Å². The molecule has 38 nitrogen and oxygen atoms in total. The number of imidazole rings is 1. The first-order valence-electron chi connectivity index (χ1n) is 50.3. The molecule has 0 aromatic carbocycles. The summed E-state index contributed by atoms with van der Waals surface area (Å²) in [6.07, 6.45) is 26.1. The molecule has 20 aromatic heterocycles. The third kappa shape index (κ3) is 19.6. The Bertz CT molecular complexity index is 8800. The molecule has 2 atom stereocenters. The number of likely N-dealkylation sites (tertiary alicyclic amines) is 2. The van der Waals surface area contributed by atoms with E-state index >= 15 is 0 Å². The first-order chi connectivity index (χ1) is 70.7. The summed E-state index contributed by atoms with van der Waals surface area (Å²) in [6.45, 7) is 32.2. The van der Waals surface area contributed by atoms with Gasteiger partial charge < -0.3 is 35.1 Å². The molecule has 6 fully saturated rings. The molecule has 0 aliphatic carbocycles. The Morgan fingerprint density at radius 1 is 0.342 bits per heavy atom. The van der Waals surface area contributed by atoms with Gasteiger partial charge in [0.2, 0.25) is 0 Å². The zero-order valence-corrected chi connectivity index (χ0v) is 84.3. The molecule has 744 valence electrons. The molecule has 0 spiro atoms. The van der Waals surface area contributed by atoms with Crippen molar-refractivity contribution in [2.75, 3.05) is 90.5 Å². The van der Waals surface area contributed by atoms with Crippen LogP contribution in [0.5, 0.6) is 0 Å². The second-order valence-corrected chi connectivity index (χ2v) is 39.9. The van der Waals surface area contributed by atoms with Gasteiger partial charge in [-0.2, -0.15) is 49.2 Å². The van der Waals surface area contributed by atoms with Gasteiger partial charge in [-0.15, -0.1) is 0 Å². The van der Waals surface area contributed by atoms with Gasteiger partial charge in [-0.25, -0.2) is 48.0 Å². The fourth-order valence-corrected chi connectivity index (χ4v) is 21.6. The zero-order valence-electron chi connectivity index (χ0n) is 83.5. The summed E-state index contributed by atoms with van der Waals surface area (Å²) in [4.78, 5) is 117. The third-order valence-electron chi connectivity index (χ3n) is 29.1. The number of halogens is 1. The van der Waals surface area contributed by atoms with Crippen LogP contribution >= 0.6 is 11.6 Å². The number of hydrogen-bond donors (Lipinski definition) is 3. The second-order valence-electron chi connectivity index (χ2n) is 39.5. The Kier molecular flexibility index (Phi) is 26.2. The van der Waals surface area contributed by atoms with Crippen LogP contribution in [0.1, 0.15) is 169 Å². The van der Waals surface area contributed by atoms with Gasteiger partial charge in [-0.3, -0.25) is 52.7 Å². The Morgan fingerprint density at radius 2 is 0.733 bits per heavy atom. The van der Waals surface area contributed by atoms with Crippen LogP contribution in [0, 0.1) is 68.2 Å². The average Bonchev–Trinajstić information content (AvgIpc) is 1.58. The SMILES string of the molecule is CCN1CCC(c2ccc3nc(-c4cc5c(C)nc(C)cn5n4)cc(=O)n3n2)CC1.Cc1cn2cc(-c3cc(=O)n4cc(C5CCNCC5)ccc4n3)cc(Cl)c2n1.Cc1cn2nc(-c3cc(=O)n4cc(N5CCC6NCCC6C5)ccc4n3)cc2c(C)n1.Cc1cn2nc(-c3cc(=O)n4nc(C5CCN(C)CC5)ccc4n3)cc2c(C)n1.Cc1cn2nc(-c3cc(=O)n4nc(C5CCNCC5)ccc4n3)cc2c(C)n1. The van der Waals surface area contributed by atoms with Crippen molar-refractivity contribution in [2.45, 2.75) is 163 Å². The van der Waals surface area contributed by atoms with E-state index in [4.69, 9.17) is 21.6 Å². The molecule has 6 aliphatic heterocycles. The molecule has 146 heavy (non-hydrogen) atoms. The lowest BCUT2D eigenvalue weighted by molar-refractivity contribution is 0.220. The van der Waals surface area contributed by atoms with Gasteiger partial charge in [0.1, 0.15) is 34.1 Å². The summed E-state index contributed by atoms with van der Waals surface area (Å²) < 4.78 is 16.5. The maximum absolute atomic E-state index is 13.0. The van der Waals surface area contributed by atoms with E-state index in [-0.39, 0.29) is 27.8 Å². The van der Waals surface area contributed by atoms with Crippen LogP contribution in [0.4, 0.5) is 5.69 Å². The highest BCUT2D eigenvalue weighted by Gasteiger charge is 2.34. The molecule has 0 saturated carbocycles. The van der Waals surface area contributed by atoms with Gasteiger partial charge in [0, 0.05) is 97.6 Å². The van der Waals surface area contributed by atoms with E-state index in [0.29, 0.717) is 126 Å². The number of piperidine rings is 5. The molecule has 0 radical (unpaired) electrons. The quantitative estimate of drug-likeness (QED) is 0.108. The lowest BCUT2D eigenvalue weighted by Gasteiger charge is -2.36. The van der Waals surface area contributed by atoms with Crippen molar-refractivity contribution < 1.29 is 0 Å². The minimum atomic E-state index is -0.195. The van der Waals surface area contributed by atoms with Crippen molar-refractivity contribution in [3.63, 3.8) is 0 Å². The number of rotatable bonds is 11. The van der Waals surface area contributed by atoms with E-state index in [2.05, 4.69) is 132 Å². The highest BCUT2D eigenvalue weighted by molar-refractivity contribution is 6.33. The topological polar surface area (TPSA) is 394 Å². The Balaban J connectivity index is 0.000000104. The van der Waals surface area contributed by atoms with Crippen LogP contribution in [0.25, 0.3) is 113 Å². The fourth-order valence-electron chi connectivity index (χ4n) is 21.4.